The third-order valence-corrected chi connectivity index (χ3v) is 4.56. The Morgan fingerprint density at radius 1 is 1.62 bits per heavy atom. The van der Waals surface area contributed by atoms with Crippen LogP contribution in [0.1, 0.15) is 37.2 Å². The molecule has 5 nitrogen and oxygen atoms in total. The van der Waals surface area contributed by atoms with Crippen molar-refractivity contribution in [3.63, 3.8) is 0 Å². The largest absolute Gasteiger partial charge is 0.450 e. The SMILES string of the molecule is CNC(=S)[C@@]1(OC(=O)CN)CCCC[C@H]1c1cccnc1. The topological polar surface area (TPSA) is 77.2 Å². The Morgan fingerprint density at radius 3 is 3.05 bits per heavy atom. The van der Waals surface area contributed by atoms with E-state index in [4.69, 9.17) is 22.7 Å². The number of rotatable bonds is 4. The van der Waals surface area contributed by atoms with Crippen molar-refractivity contribution in [1.82, 2.24) is 10.3 Å². The highest BCUT2D eigenvalue weighted by Crippen LogP contribution is 2.44. The molecule has 1 aliphatic rings. The summed E-state index contributed by atoms with van der Waals surface area (Å²) >= 11 is 5.48. The molecule has 1 saturated carbocycles. The molecule has 0 spiro atoms. The number of hydrogen-bond donors (Lipinski definition) is 2. The first kappa shape index (κ1) is 15.9. The summed E-state index contributed by atoms with van der Waals surface area (Å²) in [4.78, 5) is 16.6. The molecule has 0 bridgehead atoms. The fourth-order valence-corrected chi connectivity index (χ4v) is 3.34. The summed E-state index contributed by atoms with van der Waals surface area (Å²) < 4.78 is 5.75. The quantitative estimate of drug-likeness (QED) is 0.649. The van der Waals surface area contributed by atoms with Crippen LogP contribution in [0.3, 0.4) is 0 Å². The summed E-state index contributed by atoms with van der Waals surface area (Å²) in [6.07, 6.45) is 7.21. The van der Waals surface area contributed by atoms with E-state index in [0.717, 1.165) is 24.8 Å². The molecule has 6 heteroatoms. The second kappa shape index (κ2) is 6.95. The second-order valence-corrected chi connectivity index (χ2v) is 5.64. The summed E-state index contributed by atoms with van der Waals surface area (Å²) in [5, 5.41) is 3.00. The Labute approximate surface area is 130 Å². The third-order valence-electron chi connectivity index (χ3n) is 4.01. The first-order valence-electron chi connectivity index (χ1n) is 7.18. The number of ether oxygens (including phenoxy) is 1. The molecule has 1 aromatic rings. The van der Waals surface area contributed by atoms with Crippen LogP contribution in [0, 0.1) is 0 Å². The third kappa shape index (κ3) is 3.22. The molecule has 2 atom stereocenters. The monoisotopic (exact) mass is 307 g/mol. The standard InChI is InChI=1S/C15H21N3O2S/c1-17-14(21)15(20-13(19)9-16)7-3-2-6-12(15)11-5-4-8-18-10-11/h4-5,8,10,12H,2-3,6-7,9,16H2,1H3,(H,17,21)/t12-,15+/m0/s1. The van der Waals surface area contributed by atoms with Crippen molar-refractivity contribution < 1.29 is 9.53 Å². The Bertz CT molecular complexity index is 509. The van der Waals surface area contributed by atoms with E-state index < -0.39 is 11.6 Å². The molecular formula is C15H21N3O2S. The highest BCUT2D eigenvalue weighted by Gasteiger charge is 2.48. The van der Waals surface area contributed by atoms with Gasteiger partial charge in [0.25, 0.3) is 0 Å². The molecule has 1 heterocycles. The van der Waals surface area contributed by atoms with Gasteiger partial charge in [0, 0.05) is 25.4 Å². The number of aromatic nitrogens is 1. The molecule has 0 amide bonds. The minimum Gasteiger partial charge on any atom is -0.450 e. The molecule has 0 unspecified atom stereocenters. The molecule has 0 aliphatic heterocycles. The lowest BCUT2D eigenvalue weighted by molar-refractivity contribution is -0.155. The molecule has 21 heavy (non-hydrogen) atoms. The first-order valence-corrected chi connectivity index (χ1v) is 7.59. The summed E-state index contributed by atoms with van der Waals surface area (Å²) in [5.74, 6) is -0.418. The zero-order chi connectivity index (χ0) is 15.3. The van der Waals surface area contributed by atoms with Crippen LogP contribution in [0.5, 0.6) is 0 Å². The maximum atomic E-state index is 11.8. The highest BCUT2D eigenvalue weighted by atomic mass is 32.1. The molecular weight excluding hydrogens is 286 g/mol. The zero-order valence-electron chi connectivity index (χ0n) is 12.2. The number of esters is 1. The van der Waals surface area contributed by atoms with E-state index in [2.05, 4.69) is 10.3 Å². The average molecular weight is 307 g/mol. The minimum atomic E-state index is -0.818. The van der Waals surface area contributed by atoms with Crippen LogP contribution in [0.25, 0.3) is 0 Å². The van der Waals surface area contributed by atoms with Gasteiger partial charge in [-0.25, -0.2) is 0 Å². The van der Waals surface area contributed by atoms with Crippen molar-refractivity contribution in [3.8, 4) is 0 Å². The molecule has 1 aromatic heterocycles. The van der Waals surface area contributed by atoms with Crippen LogP contribution >= 0.6 is 12.2 Å². The van der Waals surface area contributed by atoms with Crippen molar-refractivity contribution in [2.45, 2.75) is 37.2 Å². The molecule has 0 aromatic carbocycles. The maximum Gasteiger partial charge on any atom is 0.320 e. The van der Waals surface area contributed by atoms with Gasteiger partial charge < -0.3 is 15.8 Å². The Kier molecular flexibility index (Phi) is 5.25. The van der Waals surface area contributed by atoms with E-state index in [0.29, 0.717) is 11.4 Å². The maximum absolute atomic E-state index is 11.8. The lowest BCUT2D eigenvalue weighted by Gasteiger charge is -2.43. The number of nitrogens with one attached hydrogen (secondary N) is 1. The predicted octanol–water partition coefficient (Wildman–Crippen LogP) is 1.53. The van der Waals surface area contributed by atoms with Gasteiger partial charge >= 0.3 is 5.97 Å². The van der Waals surface area contributed by atoms with Crippen molar-refractivity contribution in [2.75, 3.05) is 13.6 Å². The number of hydrogen-bond acceptors (Lipinski definition) is 5. The van der Waals surface area contributed by atoms with Crippen molar-refractivity contribution >= 4 is 23.2 Å². The van der Waals surface area contributed by atoms with Gasteiger partial charge in [-0.15, -0.1) is 0 Å². The van der Waals surface area contributed by atoms with Crippen molar-refractivity contribution in [3.05, 3.63) is 30.1 Å². The van der Waals surface area contributed by atoms with Gasteiger partial charge in [0.15, 0.2) is 5.60 Å². The number of pyridine rings is 1. The van der Waals surface area contributed by atoms with Crippen molar-refractivity contribution in [2.24, 2.45) is 5.73 Å². The van der Waals surface area contributed by atoms with Gasteiger partial charge in [0.2, 0.25) is 0 Å². The van der Waals surface area contributed by atoms with Gasteiger partial charge in [-0.3, -0.25) is 9.78 Å². The van der Waals surface area contributed by atoms with Crippen LogP contribution in [0.15, 0.2) is 24.5 Å². The van der Waals surface area contributed by atoms with E-state index >= 15 is 0 Å². The summed E-state index contributed by atoms with van der Waals surface area (Å²) in [6, 6.07) is 3.90. The number of thiocarbonyl (C=S) groups is 1. The van der Waals surface area contributed by atoms with Crippen LogP contribution in [-0.4, -0.2) is 35.1 Å². The molecule has 114 valence electrons. The predicted molar refractivity (Wildman–Crippen MR) is 85.0 cm³/mol. The summed E-state index contributed by atoms with van der Waals surface area (Å²) in [6.45, 7) is -0.145. The number of carbonyl (C=O) groups excluding carboxylic acids is 1. The molecule has 0 radical (unpaired) electrons. The average Bonchev–Trinajstić information content (AvgIpc) is 2.55. The summed E-state index contributed by atoms with van der Waals surface area (Å²) in [5.41, 5.74) is 5.65. The van der Waals surface area contributed by atoms with Crippen LogP contribution < -0.4 is 11.1 Å². The van der Waals surface area contributed by atoms with Crippen molar-refractivity contribution in [1.29, 1.82) is 0 Å². The second-order valence-electron chi connectivity index (χ2n) is 5.23. The molecule has 1 aliphatic carbocycles. The Morgan fingerprint density at radius 2 is 2.43 bits per heavy atom. The smallest absolute Gasteiger partial charge is 0.320 e. The van der Waals surface area contributed by atoms with E-state index in [1.807, 2.05) is 18.3 Å². The normalized spacial score (nSPS) is 25.1. The van der Waals surface area contributed by atoms with Gasteiger partial charge in [0.1, 0.15) is 4.99 Å². The van der Waals surface area contributed by atoms with Gasteiger partial charge in [-0.1, -0.05) is 24.7 Å². The lowest BCUT2D eigenvalue weighted by atomic mass is 9.72. The van der Waals surface area contributed by atoms with Gasteiger partial charge in [-0.05, 0) is 30.9 Å². The lowest BCUT2D eigenvalue weighted by Crippen LogP contribution is -2.54. The number of likely N-dealkylation sites (N-methyl/N-ethyl adjacent to an activating group) is 1. The first-order chi connectivity index (χ1) is 10.1. The van der Waals surface area contributed by atoms with E-state index in [9.17, 15) is 4.79 Å². The molecule has 2 rings (SSSR count). The van der Waals surface area contributed by atoms with Gasteiger partial charge in [-0.2, -0.15) is 0 Å². The van der Waals surface area contributed by atoms with Crippen LogP contribution in [0.2, 0.25) is 0 Å². The fraction of sp³-hybridized carbons (Fsp3) is 0.533. The van der Waals surface area contributed by atoms with Crippen LogP contribution in [0.4, 0.5) is 0 Å². The van der Waals surface area contributed by atoms with Gasteiger partial charge in [0.05, 0.1) is 6.54 Å². The fourth-order valence-electron chi connectivity index (χ4n) is 3.06. The molecule has 3 N–H and O–H groups in total. The van der Waals surface area contributed by atoms with E-state index in [1.54, 1.807) is 13.2 Å². The Balaban J connectivity index is 2.42. The summed E-state index contributed by atoms with van der Waals surface area (Å²) in [7, 11) is 1.76. The molecule has 0 saturated heterocycles. The zero-order valence-corrected chi connectivity index (χ0v) is 13.0. The Hall–Kier alpha value is -1.53. The molecule has 1 fully saturated rings. The number of nitrogens with two attached hydrogens (primary N) is 1. The number of nitrogens with zero attached hydrogens (tertiary/aromatic N) is 1. The highest BCUT2D eigenvalue weighted by molar-refractivity contribution is 7.80. The minimum absolute atomic E-state index is 0.00963. The number of carbonyl (C=O) groups is 1. The van der Waals surface area contributed by atoms with E-state index in [-0.39, 0.29) is 12.5 Å². The van der Waals surface area contributed by atoms with E-state index in [1.165, 1.54) is 0 Å². The van der Waals surface area contributed by atoms with Crippen LogP contribution in [-0.2, 0) is 9.53 Å².